The molecule has 2 atom stereocenters. The molecular formula is C12H25NO2. The maximum Gasteiger partial charge on any atom is 0.0900 e. The molecule has 0 spiro atoms. The Morgan fingerprint density at radius 1 is 1.40 bits per heavy atom. The number of methoxy groups -OCH3 is 1. The Hall–Kier alpha value is -0.120. The van der Waals surface area contributed by atoms with Crippen molar-refractivity contribution in [1.82, 2.24) is 4.90 Å². The summed E-state index contributed by atoms with van der Waals surface area (Å²) >= 11 is 0. The van der Waals surface area contributed by atoms with Crippen molar-refractivity contribution in [3.63, 3.8) is 0 Å². The Morgan fingerprint density at radius 3 is 2.87 bits per heavy atom. The molecule has 0 aromatic heterocycles. The minimum atomic E-state index is -0.331. The van der Waals surface area contributed by atoms with Crippen LogP contribution in [0.5, 0.6) is 0 Å². The third kappa shape index (κ3) is 4.49. The third-order valence-electron chi connectivity index (χ3n) is 3.27. The van der Waals surface area contributed by atoms with E-state index in [9.17, 15) is 5.11 Å². The van der Waals surface area contributed by atoms with Crippen molar-refractivity contribution in [3.8, 4) is 0 Å². The highest BCUT2D eigenvalue weighted by Gasteiger charge is 2.21. The van der Waals surface area contributed by atoms with Gasteiger partial charge in [-0.3, -0.25) is 4.90 Å². The van der Waals surface area contributed by atoms with Crippen LogP contribution in [0.25, 0.3) is 0 Å². The molecule has 0 aromatic carbocycles. The summed E-state index contributed by atoms with van der Waals surface area (Å²) in [6, 6.07) is 0.666. The van der Waals surface area contributed by atoms with E-state index in [0.29, 0.717) is 12.6 Å². The predicted molar refractivity (Wildman–Crippen MR) is 62.0 cm³/mol. The second kappa shape index (κ2) is 7.20. The molecule has 0 radical (unpaired) electrons. The number of hydrogen-bond donors (Lipinski definition) is 1. The summed E-state index contributed by atoms with van der Waals surface area (Å²) in [4.78, 5) is 2.44. The van der Waals surface area contributed by atoms with Crippen molar-refractivity contribution >= 4 is 0 Å². The molecule has 90 valence electrons. The number of likely N-dealkylation sites (tertiary alicyclic amines) is 1. The molecule has 0 amide bonds. The van der Waals surface area contributed by atoms with E-state index < -0.39 is 0 Å². The molecule has 1 aliphatic rings. The van der Waals surface area contributed by atoms with Gasteiger partial charge in [-0.2, -0.15) is 0 Å². The fourth-order valence-corrected chi connectivity index (χ4v) is 2.46. The van der Waals surface area contributed by atoms with Gasteiger partial charge in [-0.1, -0.05) is 19.8 Å². The normalized spacial score (nSPS) is 26.2. The Kier molecular flexibility index (Phi) is 6.22. The number of aliphatic hydroxyl groups excluding tert-OH is 1. The van der Waals surface area contributed by atoms with Crippen LogP contribution in [-0.4, -0.2) is 49.0 Å². The Morgan fingerprint density at radius 2 is 2.20 bits per heavy atom. The molecule has 15 heavy (non-hydrogen) atoms. The molecule has 0 aromatic rings. The zero-order chi connectivity index (χ0) is 11.1. The van der Waals surface area contributed by atoms with Gasteiger partial charge in [-0.25, -0.2) is 0 Å². The van der Waals surface area contributed by atoms with Crippen LogP contribution in [0.15, 0.2) is 0 Å². The largest absolute Gasteiger partial charge is 0.389 e. The summed E-state index contributed by atoms with van der Waals surface area (Å²) < 4.78 is 4.97. The first kappa shape index (κ1) is 12.9. The fourth-order valence-electron chi connectivity index (χ4n) is 2.46. The van der Waals surface area contributed by atoms with Gasteiger partial charge in [0.2, 0.25) is 0 Å². The summed E-state index contributed by atoms with van der Waals surface area (Å²) in [5.41, 5.74) is 0. The predicted octanol–water partition coefficient (Wildman–Crippen LogP) is 1.65. The van der Waals surface area contributed by atoms with E-state index in [4.69, 9.17) is 4.74 Å². The van der Waals surface area contributed by atoms with E-state index in [-0.39, 0.29) is 6.10 Å². The molecule has 1 N–H and O–H groups in total. The molecule has 1 aliphatic heterocycles. The van der Waals surface area contributed by atoms with Gasteiger partial charge >= 0.3 is 0 Å². The summed E-state index contributed by atoms with van der Waals surface area (Å²) in [5.74, 6) is 0. The van der Waals surface area contributed by atoms with Gasteiger partial charge in [-0.15, -0.1) is 0 Å². The van der Waals surface area contributed by atoms with Crippen LogP contribution in [0.2, 0.25) is 0 Å². The van der Waals surface area contributed by atoms with Gasteiger partial charge < -0.3 is 9.84 Å². The third-order valence-corrected chi connectivity index (χ3v) is 3.27. The summed E-state index contributed by atoms with van der Waals surface area (Å²) in [7, 11) is 1.64. The molecule has 1 heterocycles. The molecular weight excluding hydrogens is 190 g/mol. The van der Waals surface area contributed by atoms with Crippen molar-refractivity contribution in [2.75, 3.05) is 26.8 Å². The molecule has 1 saturated heterocycles. The highest BCUT2D eigenvalue weighted by atomic mass is 16.5. The first-order valence-corrected chi connectivity index (χ1v) is 6.19. The molecule has 0 bridgehead atoms. The van der Waals surface area contributed by atoms with E-state index in [1.165, 1.54) is 32.1 Å². The number of ether oxygens (including phenoxy) is 1. The quantitative estimate of drug-likeness (QED) is 0.757. The monoisotopic (exact) mass is 215 g/mol. The second-order valence-corrected chi connectivity index (χ2v) is 4.52. The highest BCUT2D eigenvalue weighted by molar-refractivity contribution is 4.76. The lowest BCUT2D eigenvalue weighted by atomic mass is 10.1. The highest BCUT2D eigenvalue weighted by Crippen LogP contribution is 2.19. The Balaban J connectivity index is 2.40. The standard InChI is InChI=1S/C12H25NO2/c1-3-11-7-5-4-6-8-13(11)9-12(14)10-15-2/h11-12,14H,3-10H2,1-2H3/t11-,12+/m1/s1. The lowest BCUT2D eigenvalue weighted by Gasteiger charge is -2.30. The SMILES string of the molecule is CC[C@@H]1CCCCCN1C[C@H](O)COC. The summed E-state index contributed by atoms with van der Waals surface area (Å²) in [6.07, 6.45) is 6.11. The zero-order valence-electron chi connectivity index (χ0n) is 10.1. The van der Waals surface area contributed by atoms with E-state index in [1.54, 1.807) is 7.11 Å². The van der Waals surface area contributed by atoms with Gasteiger partial charge in [0, 0.05) is 19.7 Å². The van der Waals surface area contributed by atoms with Gasteiger partial charge in [0.15, 0.2) is 0 Å². The van der Waals surface area contributed by atoms with Crippen molar-refractivity contribution in [3.05, 3.63) is 0 Å². The van der Waals surface area contributed by atoms with Gasteiger partial charge in [-0.05, 0) is 25.8 Å². The van der Waals surface area contributed by atoms with Crippen molar-refractivity contribution < 1.29 is 9.84 Å². The molecule has 0 saturated carbocycles. The lowest BCUT2D eigenvalue weighted by Crippen LogP contribution is -2.41. The average Bonchev–Trinajstić information content (AvgIpc) is 2.43. The fraction of sp³-hybridized carbons (Fsp3) is 1.00. The number of hydrogen-bond acceptors (Lipinski definition) is 3. The lowest BCUT2D eigenvalue weighted by molar-refractivity contribution is 0.0266. The van der Waals surface area contributed by atoms with Gasteiger partial charge in [0.1, 0.15) is 0 Å². The number of rotatable bonds is 5. The maximum absolute atomic E-state index is 9.74. The minimum absolute atomic E-state index is 0.331. The van der Waals surface area contributed by atoms with Gasteiger partial charge in [0.05, 0.1) is 12.7 Å². The van der Waals surface area contributed by atoms with E-state index in [1.807, 2.05) is 0 Å². The van der Waals surface area contributed by atoms with Crippen LogP contribution >= 0.6 is 0 Å². The first-order valence-electron chi connectivity index (χ1n) is 6.19. The zero-order valence-corrected chi connectivity index (χ0v) is 10.1. The average molecular weight is 215 g/mol. The minimum Gasteiger partial charge on any atom is -0.389 e. The first-order chi connectivity index (χ1) is 7.27. The van der Waals surface area contributed by atoms with Crippen molar-refractivity contribution in [1.29, 1.82) is 0 Å². The summed E-state index contributed by atoms with van der Waals surface area (Å²) in [5, 5.41) is 9.74. The molecule has 0 unspecified atom stereocenters. The molecule has 3 nitrogen and oxygen atoms in total. The Bertz CT molecular complexity index is 164. The van der Waals surface area contributed by atoms with Crippen LogP contribution in [-0.2, 0) is 4.74 Å². The van der Waals surface area contributed by atoms with Crippen LogP contribution < -0.4 is 0 Å². The van der Waals surface area contributed by atoms with Crippen LogP contribution in [0.3, 0.4) is 0 Å². The van der Waals surface area contributed by atoms with Crippen LogP contribution in [0.4, 0.5) is 0 Å². The topological polar surface area (TPSA) is 32.7 Å². The molecule has 1 fully saturated rings. The van der Waals surface area contributed by atoms with E-state index in [0.717, 1.165) is 13.1 Å². The van der Waals surface area contributed by atoms with Crippen LogP contribution in [0, 0.1) is 0 Å². The smallest absolute Gasteiger partial charge is 0.0900 e. The molecule has 0 aliphatic carbocycles. The Labute approximate surface area is 93.4 Å². The number of β-amino-alcohol motifs (C(OH)–C–C–N with tert-alkyl or cyclic N) is 1. The van der Waals surface area contributed by atoms with Crippen molar-refractivity contribution in [2.45, 2.75) is 51.2 Å². The number of aliphatic hydroxyl groups is 1. The van der Waals surface area contributed by atoms with E-state index in [2.05, 4.69) is 11.8 Å². The van der Waals surface area contributed by atoms with Gasteiger partial charge in [0.25, 0.3) is 0 Å². The second-order valence-electron chi connectivity index (χ2n) is 4.52. The van der Waals surface area contributed by atoms with Crippen LogP contribution in [0.1, 0.15) is 39.0 Å². The maximum atomic E-state index is 9.74. The molecule has 1 rings (SSSR count). The summed E-state index contributed by atoms with van der Waals surface area (Å²) in [6.45, 7) is 4.60. The van der Waals surface area contributed by atoms with Crippen molar-refractivity contribution in [2.24, 2.45) is 0 Å². The number of nitrogens with zero attached hydrogens (tertiary/aromatic N) is 1. The molecule has 3 heteroatoms. The van der Waals surface area contributed by atoms with E-state index >= 15 is 0 Å².